The summed E-state index contributed by atoms with van der Waals surface area (Å²) in [7, 11) is 0. The Morgan fingerprint density at radius 2 is 1.76 bits per heavy atom. The quantitative estimate of drug-likeness (QED) is 0.696. The molecule has 0 saturated carbocycles. The van der Waals surface area contributed by atoms with Gasteiger partial charge in [0, 0.05) is 15.0 Å². The maximum Gasteiger partial charge on any atom is 0.417 e. The Morgan fingerprint density at radius 3 is 2.38 bits per heavy atom. The highest BCUT2D eigenvalue weighted by atomic mass is 79.9. The van der Waals surface area contributed by atoms with Crippen LogP contribution in [0.5, 0.6) is 0 Å². The second-order valence-electron chi connectivity index (χ2n) is 4.68. The molecule has 2 rings (SSSR count). The number of alkyl halides is 3. The van der Waals surface area contributed by atoms with Gasteiger partial charge in [-0.15, -0.1) is 0 Å². The number of nitrogens with two attached hydrogens (primary N) is 1. The lowest BCUT2D eigenvalue weighted by molar-refractivity contribution is -0.138. The highest BCUT2D eigenvalue weighted by Crippen LogP contribution is 2.36. The van der Waals surface area contributed by atoms with Gasteiger partial charge in [0.2, 0.25) is 0 Å². The van der Waals surface area contributed by atoms with E-state index in [0.29, 0.717) is 12.0 Å². The van der Waals surface area contributed by atoms with E-state index in [1.807, 2.05) is 24.3 Å². The van der Waals surface area contributed by atoms with Gasteiger partial charge in [-0.3, -0.25) is 0 Å². The molecular formula is C15H12Br2F3N. The number of hydrogen-bond donors (Lipinski definition) is 1. The molecule has 2 N–H and O–H groups in total. The summed E-state index contributed by atoms with van der Waals surface area (Å²) in [6.07, 6.45) is -3.93. The van der Waals surface area contributed by atoms with Crippen LogP contribution >= 0.6 is 31.9 Å². The van der Waals surface area contributed by atoms with E-state index in [9.17, 15) is 13.2 Å². The van der Waals surface area contributed by atoms with Crippen molar-refractivity contribution >= 4 is 31.9 Å². The first-order valence-electron chi connectivity index (χ1n) is 6.14. The predicted molar refractivity (Wildman–Crippen MR) is 83.9 cm³/mol. The Kier molecular flexibility index (Phi) is 5.11. The standard InChI is InChI=1S/C15H12Br2F3N/c16-11-3-1-2-9(6-11)7-14(21)10-4-5-13(17)12(8-10)15(18,19)20/h1-6,8,14H,7,21H2. The second-order valence-corrected chi connectivity index (χ2v) is 6.45. The average molecular weight is 423 g/mol. The van der Waals surface area contributed by atoms with Gasteiger partial charge in [0.05, 0.1) is 5.56 Å². The van der Waals surface area contributed by atoms with Crippen LogP contribution in [0.2, 0.25) is 0 Å². The summed E-state index contributed by atoms with van der Waals surface area (Å²) in [6.45, 7) is 0. The molecule has 1 unspecified atom stereocenters. The summed E-state index contributed by atoms with van der Waals surface area (Å²) in [5.41, 5.74) is 6.77. The Labute approximate surface area is 137 Å². The van der Waals surface area contributed by atoms with Crippen molar-refractivity contribution in [3.8, 4) is 0 Å². The minimum atomic E-state index is -4.40. The third kappa shape index (κ3) is 4.31. The fourth-order valence-corrected chi connectivity index (χ4v) is 2.94. The van der Waals surface area contributed by atoms with E-state index in [2.05, 4.69) is 31.9 Å². The third-order valence-corrected chi connectivity index (χ3v) is 4.25. The first-order chi connectivity index (χ1) is 9.77. The number of benzene rings is 2. The van der Waals surface area contributed by atoms with E-state index in [1.54, 1.807) is 6.07 Å². The van der Waals surface area contributed by atoms with E-state index >= 15 is 0 Å². The maximum atomic E-state index is 12.9. The molecule has 1 nitrogen and oxygen atoms in total. The molecule has 0 aliphatic rings. The third-order valence-electron chi connectivity index (χ3n) is 3.07. The Hall–Kier alpha value is -0.850. The second kappa shape index (κ2) is 6.50. The predicted octanol–water partition coefficient (Wildman–Crippen LogP) is 5.47. The van der Waals surface area contributed by atoms with Crippen LogP contribution in [0.1, 0.15) is 22.7 Å². The fourth-order valence-electron chi connectivity index (χ4n) is 2.03. The van der Waals surface area contributed by atoms with Crippen LogP contribution in [0.3, 0.4) is 0 Å². The van der Waals surface area contributed by atoms with Crippen molar-refractivity contribution in [2.45, 2.75) is 18.6 Å². The van der Waals surface area contributed by atoms with Gasteiger partial charge in [-0.1, -0.05) is 50.1 Å². The minimum absolute atomic E-state index is 0.0217. The molecule has 0 aromatic heterocycles. The molecule has 2 aromatic rings. The summed E-state index contributed by atoms with van der Waals surface area (Å²) in [6, 6.07) is 11.2. The molecule has 6 heteroatoms. The topological polar surface area (TPSA) is 26.0 Å². The largest absolute Gasteiger partial charge is 0.417 e. The molecule has 112 valence electrons. The van der Waals surface area contributed by atoms with Crippen LogP contribution in [0.4, 0.5) is 13.2 Å². The van der Waals surface area contributed by atoms with E-state index < -0.39 is 17.8 Å². The van der Waals surface area contributed by atoms with E-state index in [0.717, 1.165) is 16.1 Å². The van der Waals surface area contributed by atoms with Crippen LogP contribution in [0.25, 0.3) is 0 Å². The van der Waals surface area contributed by atoms with Gasteiger partial charge in [-0.05, 0) is 41.8 Å². The van der Waals surface area contributed by atoms with E-state index in [1.165, 1.54) is 6.07 Å². The first-order valence-corrected chi connectivity index (χ1v) is 7.72. The van der Waals surface area contributed by atoms with Crippen molar-refractivity contribution < 1.29 is 13.2 Å². The normalized spacial score (nSPS) is 13.2. The van der Waals surface area contributed by atoms with Gasteiger partial charge in [0.1, 0.15) is 0 Å². The van der Waals surface area contributed by atoms with Crippen molar-refractivity contribution in [1.82, 2.24) is 0 Å². The molecule has 0 radical (unpaired) electrons. The molecule has 0 aliphatic carbocycles. The molecule has 0 heterocycles. The van der Waals surface area contributed by atoms with Crippen molar-refractivity contribution in [3.63, 3.8) is 0 Å². The Bertz CT molecular complexity index is 641. The van der Waals surface area contributed by atoms with Gasteiger partial charge in [-0.2, -0.15) is 13.2 Å². The highest BCUT2D eigenvalue weighted by molar-refractivity contribution is 9.10. The summed E-state index contributed by atoms with van der Waals surface area (Å²) >= 11 is 6.28. The first kappa shape index (κ1) is 16.5. The summed E-state index contributed by atoms with van der Waals surface area (Å²) in [5, 5.41) is 0. The van der Waals surface area contributed by atoms with E-state index in [-0.39, 0.29) is 4.47 Å². The Morgan fingerprint density at radius 1 is 1.05 bits per heavy atom. The van der Waals surface area contributed by atoms with Gasteiger partial charge in [0.25, 0.3) is 0 Å². The van der Waals surface area contributed by atoms with Gasteiger partial charge >= 0.3 is 6.18 Å². The van der Waals surface area contributed by atoms with Crippen LogP contribution in [0.15, 0.2) is 51.4 Å². The lowest BCUT2D eigenvalue weighted by atomic mass is 9.98. The van der Waals surface area contributed by atoms with E-state index in [4.69, 9.17) is 5.73 Å². The van der Waals surface area contributed by atoms with Gasteiger partial charge in [0.15, 0.2) is 0 Å². The van der Waals surface area contributed by atoms with Crippen molar-refractivity contribution in [3.05, 3.63) is 68.1 Å². The zero-order chi connectivity index (χ0) is 15.6. The molecule has 0 saturated heterocycles. The smallest absolute Gasteiger partial charge is 0.324 e. The molecule has 1 atom stereocenters. The van der Waals surface area contributed by atoms with Crippen molar-refractivity contribution in [2.75, 3.05) is 0 Å². The lowest BCUT2D eigenvalue weighted by Gasteiger charge is -2.16. The van der Waals surface area contributed by atoms with Crippen molar-refractivity contribution in [2.24, 2.45) is 5.73 Å². The number of rotatable bonds is 3. The van der Waals surface area contributed by atoms with Crippen LogP contribution < -0.4 is 5.73 Å². The zero-order valence-electron chi connectivity index (χ0n) is 10.8. The molecule has 0 amide bonds. The SMILES string of the molecule is NC(Cc1cccc(Br)c1)c1ccc(Br)c(C(F)(F)F)c1. The minimum Gasteiger partial charge on any atom is -0.324 e. The molecule has 0 bridgehead atoms. The molecule has 0 aliphatic heterocycles. The number of hydrogen-bond acceptors (Lipinski definition) is 1. The monoisotopic (exact) mass is 421 g/mol. The highest BCUT2D eigenvalue weighted by Gasteiger charge is 2.33. The summed E-state index contributed by atoms with van der Waals surface area (Å²) in [5.74, 6) is 0. The van der Waals surface area contributed by atoms with Crippen molar-refractivity contribution in [1.29, 1.82) is 0 Å². The molecule has 21 heavy (non-hydrogen) atoms. The number of halogens is 5. The summed E-state index contributed by atoms with van der Waals surface area (Å²) < 4.78 is 39.6. The van der Waals surface area contributed by atoms with Gasteiger partial charge < -0.3 is 5.73 Å². The molecular weight excluding hydrogens is 411 g/mol. The zero-order valence-corrected chi connectivity index (χ0v) is 14.0. The van der Waals surface area contributed by atoms with Crippen LogP contribution in [0, 0.1) is 0 Å². The van der Waals surface area contributed by atoms with Gasteiger partial charge in [-0.25, -0.2) is 0 Å². The fraction of sp³-hybridized carbons (Fsp3) is 0.200. The molecule has 2 aromatic carbocycles. The van der Waals surface area contributed by atoms with Crippen LogP contribution in [-0.4, -0.2) is 0 Å². The lowest BCUT2D eigenvalue weighted by Crippen LogP contribution is -2.15. The Balaban J connectivity index is 2.25. The molecule has 0 fully saturated rings. The average Bonchev–Trinajstić information content (AvgIpc) is 2.37. The molecule has 0 spiro atoms. The maximum absolute atomic E-state index is 12.9. The van der Waals surface area contributed by atoms with Crippen LogP contribution in [-0.2, 0) is 12.6 Å². The summed E-state index contributed by atoms with van der Waals surface area (Å²) in [4.78, 5) is 0.